The number of esters is 1. The molecule has 1 unspecified atom stereocenters. The number of nitrogens with zero attached hydrogens (tertiary/aromatic N) is 1. The maximum Gasteiger partial charge on any atom is 0.303 e. The number of benzene rings is 1. The van der Waals surface area contributed by atoms with Crippen molar-refractivity contribution in [3.63, 3.8) is 0 Å². The number of methoxy groups -OCH3 is 1. The van der Waals surface area contributed by atoms with Crippen LogP contribution in [0.3, 0.4) is 0 Å². The number of carbonyl (C=O) groups is 1. The lowest BCUT2D eigenvalue weighted by atomic mass is 9.73. The lowest BCUT2D eigenvalue weighted by molar-refractivity contribution is -0.949. The number of rotatable bonds is 5. The molecule has 5 atom stereocenters. The van der Waals surface area contributed by atoms with Gasteiger partial charge in [-0.2, -0.15) is 0 Å². The van der Waals surface area contributed by atoms with E-state index in [1.165, 1.54) is 18.2 Å². The largest absolute Gasteiger partial charge is 0.497 e. The van der Waals surface area contributed by atoms with Crippen LogP contribution in [0, 0.1) is 11.8 Å². The maximum atomic E-state index is 12.0. The third-order valence-corrected chi connectivity index (χ3v) is 6.27. The van der Waals surface area contributed by atoms with E-state index in [-0.39, 0.29) is 18.1 Å². The van der Waals surface area contributed by atoms with Gasteiger partial charge < -0.3 is 14.4 Å². The number of ether oxygens (including phenoxy) is 2. The summed E-state index contributed by atoms with van der Waals surface area (Å²) in [7, 11) is 1.66. The summed E-state index contributed by atoms with van der Waals surface area (Å²) in [6, 6.07) is 8.11. The van der Waals surface area contributed by atoms with E-state index >= 15 is 0 Å². The first-order valence-corrected chi connectivity index (χ1v) is 9.67. The Morgan fingerprint density at radius 1 is 1.41 bits per heavy atom. The van der Waals surface area contributed by atoms with Crippen LogP contribution < -0.4 is 9.64 Å². The first kappa shape index (κ1) is 18.0. The van der Waals surface area contributed by atoms with Crippen molar-refractivity contribution >= 4 is 16.9 Å². The van der Waals surface area contributed by atoms with Crippen molar-refractivity contribution in [2.75, 3.05) is 20.2 Å². The minimum Gasteiger partial charge on any atom is -0.497 e. The zero-order valence-electron chi connectivity index (χ0n) is 16.0. The van der Waals surface area contributed by atoms with E-state index in [4.69, 9.17) is 9.47 Å². The second kappa shape index (κ2) is 7.31. The molecule has 0 radical (unpaired) electrons. The molecule has 4 heterocycles. The van der Waals surface area contributed by atoms with E-state index in [1.807, 2.05) is 24.3 Å². The molecule has 5 rings (SSSR count). The molecule has 3 aliphatic rings. The number of nitrogens with one attached hydrogen (secondary N) is 1. The average Bonchev–Trinajstić information content (AvgIpc) is 2.71. The number of carbonyl (C=O) groups excluding carboxylic acids is 1. The third kappa shape index (κ3) is 3.32. The van der Waals surface area contributed by atoms with Crippen molar-refractivity contribution in [2.45, 2.75) is 31.9 Å². The van der Waals surface area contributed by atoms with Crippen molar-refractivity contribution in [1.29, 1.82) is 0 Å². The molecule has 3 fully saturated rings. The van der Waals surface area contributed by atoms with Gasteiger partial charge in [-0.25, -0.2) is 0 Å². The fraction of sp³-hybridized carbons (Fsp3) is 0.455. The predicted molar refractivity (Wildman–Crippen MR) is 104 cm³/mol. The third-order valence-electron chi connectivity index (χ3n) is 6.27. The summed E-state index contributed by atoms with van der Waals surface area (Å²) >= 11 is 0. The van der Waals surface area contributed by atoms with Crippen molar-refractivity contribution in [2.24, 2.45) is 11.8 Å². The average molecular weight is 367 g/mol. The highest BCUT2D eigenvalue weighted by molar-refractivity contribution is 5.84. The summed E-state index contributed by atoms with van der Waals surface area (Å²) in [5.74, 6) is 1.74. The van der Waals surface area contributed by atoms with Gasteiger partial charge in [0.15, 0.2) is 6.10 Å². The minimum atomic E-state index is -0.274. The molecule has 0 amide bonds. The van der Waals surface area contributed by atoms with E-state index in [0.717, 1.165) is 41.7 Å². The maximum absolute atomic E-state index is 12.0. The summed E-state index contributed by atoms with van der Waals surface area (Å²) < 4.78 is 11.3. The normalized spacial score (nSPS) is 27.9. The molecule has 1 N–H and O–H groups in total. The van der Waals surface area contributed by atoms with Crippen LogP contribution >= 0.6 is 0 Å². The molecule has 0 aliphatic carbocycles. The van der Waals surface area contributed by atoms with Gasteiger partial charge in [-0.15, -0.1) is 6.58 Å². The van der Waals surface area contributed by atoms with E-state index < -0.39 is 0 Å². The van der Waals surface area contributed by atoms with Gasteiger partial charge in [-0.3, -0.25) is 9.78 Å². The van der Waals surface area contributed by atoms with E-state index in [2.05, 4.69) is 17.6 Å². The fourth-order valence-corrected chi connectivity index (χ4v) is 4.95. The molecule has 3 saturated heterocycles. The molecule has 0 spiro atoms. The molecule has 1 aromatic heterocycles. The molecule has 2 bridgehead atoms. The number of fused-ring (bicyclic) bond motifs is 4. The SMILES string of the molecule is C=C[C@H]1C[NH+]2CC[C@@H]1C[C@@H]2[C@H](OC(C)=O)c1ccnc2ccc(OC)cc12. The Bertz CT molecular complexity index is 866. The van der Waals surface area contributed by atoms with E-state index in [9.17, 15) is 4.79 Å². The zero-order valence-corrected chi connectivity index (χ0v) is 16.0. The number of aromatic nitrogens is 1. The van der Waals surface area contributed by atoms with E-state index in [1.54, 1.807) is 13.3 Å². The van der Waals surface area contributed by atoms with E-state index in [0.29, 0.717) is 11.8 Å². The molecular formula is C22H27N2O3+. The van der Waals surface area contributed by atoms with Crippen LogP contribution in [0.1, 0.15) is 31.4 Å². The highest BCUT2D eigenvalue weighted by Crippen LogP contribution is 2.36. The Labute approximate surface area is 160 Å². The van der Waals surface area contributed by atoms with Crippen LogP contribution in [0.4, 0.5) is 0 Å². The summed E-state index contributed by atoms with van der Waals surface area (Å²) in [6.07, 6.45) is 5.91. The molecule has 27 heavy (non-hydrogen) atoms. The standard InChI is InChI=1S/C22H26N2O3/c1-4-15-13-24-10-8-16(15)11-21(24)22(27-14(2)25)18-7-9-23-20-6-5-17(26-3)12-19(18)20/h4-7,9,12,15-16,21-22H,1,8,10-11,13H2,2-3H3/p+1/t15-,16+,21+,22+/m0/s1. The molecule has 5 heteroatoms. The summed E-state index contributed by atoms with van der Waals surface area (Å²) in [6.45, 7) is 7.72. The summed E-state index contributed by atoms with van der Waals surface area (Å²) in [4.78, 5) is 18.0. The molecule has 142 valence electrons. The second-order valence-electron chi connectivity index (χ2n) is 7.72. The smallest absolute Gasteiger partial charge is 0.303 e. The lowest BCUT2D eigenvalue weighted by Gasteiger charge is -2.48. The van der Waals surface area contributed by atoms with Gasteiger partial charge in [-0.05, 0) is 30.2 Å². The first-order chi connectivity index (χ1) is 13.1. The van der Waals surface area contributed by atoms with Gasteiger partial charge in [0.05, 0.1) is 25.7 Å². The molecule has 2 aromatic rings. The lowest BCUT2D eigenvalue weighted by Crippen LogP contribution is -3.20. The Hall–Kier alpha value is -2.40. The van der Waals surface area contributed by atoms with Crippen LogP contribution in [0.15, 0.2) is 43.1 Å². The summed E-state index contributed by atoms with van der Waals surface area (Å²) in [5.41, 5.74) is 1.91. The van der Waals surface area contributed by atoms with Gasteiger partial charge in [0.2, 0.25) is 0 Å². The Morgan fingerprint density at radius 3 is 2.93 bits per heavy atom. The molecule has 3 aliphatic heterocycles. The number of hydrogen-bond acceptors (Lipinski definition) is 4. The highest BCUT2D eigenvalue weighted by Gasteiger charge is 2.47. The van der Waals surface area contributed by atoms with Crippen molar-refractivity contribution in [3.05, 3.63) is 48.7 Å². The molecular weight excluding hydrogens is 340 g/mol. The van der Waals surface area contributed by atoms with Crippen molar-refractivity contribution in [3.8, 4) is 5.75 Å². The minimum absolute atomic E-state index is 0.241. The summed E-state index contributed by atoms with van der Waals surface area (Å²) in [5, 5.41) is 0.991. The Kier molecular flexibility index (Phi) is 4.87. The topological polar surface area (TPSA) is 52.9 Å². The molecule has 5 nitrogen and oxygen atoms in total. The van der Waals surface area contributed by atoms with Crippen LogP contribution in [-0.4, -0.2) is 37.2 Å². The monoisotopic (exact) mass is 367 g/mol. The zero-order chi connectivity index (χ0) is 19.0. The number of pyridine rings is 1. The molecule has 0 saturated carbocycles. The number of hydrogen-bond donors (Lipinski definition) is 1. The van der Waals surface area contributed by atoms with Crippen LogP contribution in [-0.2, 0) is 9.53 Å². The highest BCUT2D eigenvalue weighted by atomic mass is 16.5. The van der Waals surface area contributed by atoms with Gasteiger partial charge in [0.1, 0.15) is 11.8 Å². The van der Waals surface area contributed by atoms with Crippen molar-refractivity contribution < 1.29 is 19.2 Å². The van der Waals surface area contributed by atoms with Crippen LogP contribution in [0.25, 0.3) is 10.9 Å². The predicted octanol–water partition coefficient (Wildman–Crippen LogP) is 2.33. The number of quaternary nitrogens is 1. The first-order valence-electron chi connectivity index (χ1n) is 9.67. The molecule has 1 aromatic carbocycles. The van der Waals surface area contributed by atoms with Gasteiger partial charge >= 0.3 is 5.97 Å². The van der Waals surface area contributed by atoms with Crippen LogP contribution in [0.2, 0.25) is 0 Å². The van der Waals surface area contributed by atoms with Gasteiger partial charge in [0, 0.05) is 42.8 Å². The Morgan fingerprint density at radius 2 is 2.26 bits per heavy atom. The van der Waals surface area contributed by atoms with Crippen molar-refractivity contribution in [1.82, 2.24) is 4.98 Å². The van der Waals surface area contributed by atoms with Gasteiger partial charge in [-0.1, -0.05) is 6.08 Å². The van der Waals surface area contributed by atoms with Gasteiger partial charge in [0.25, 0.3) is 0 Å². The fourth-order valence-electron chi connectivity index (χ4n) is 4.95. The number of piperidine rings is 3. The Balaban J connectivity index is 1.76. The second-order valence-corrected chi connectivity index (χ2v) is 7.72. The quantitative estimate of drug-likeness (QED) is 0.651. The van der Waals surface area contributed by atoms with Crippen LogP contribution in [0.5, 0.6) is 5.75 Å².